The average molecular weight is 282 g/mol. The highest BCUT2D eigenvalue weighted by molar-refractivity contribution is 5.96. The Morgan fingerprint density at radius 2 is 2.05 bits per heavy atom. The fourth-order valence-electron chi connectivity index (χ4n) is 1.38. The van der Waals surface area contributed by atoms with Gasteiger partial charge in [-0.1, -0.05) is 12.1 Å². The highest BCUT2D eigenvalue weighted by Gasteiger charge is 2.21. The molecule has 1 aromatic carbocycles. The smallest absolute Gasteiger partial charge is 0.332 e. The number of carbonyl (C=O) groups is 2. The zero-order chi connectivity index (χ0) is 15.1. The van der Waals surface area contributed by atoms with E-state index < -0.39 is 22.9 Å². The molecule has 0 aliphatic heterocycles. The third-order valence-corrected chi connectivity index (χ3v) is 2.30. The van der Waals surface area contributed by atoms with Crippen molar-refractivity contribution in [3.63, 3.8) is 0 Å². The minimum Gasteiger partial charge on any atom is -0.451 e. The van der Waals surface area contributed by atoms with Gasteiger partial charge in [0, 0.05) is 13.2 Å². The molecule has 1 rings (SSSR count). The topological polar surface area (TPSA) is 108 Å². The first-order valence-electron chi connectivity index (χ1n) is 5.68. The maximum absolute atomic E-state index is 11.8. The van der Waals surface area contributed by atoms with Crippen molar-refractivity contribution >= 4 is 23.3 Å². The Morgan fingerprint density at radius 1 is 1.40 bits per heavy atom. The molecule has 0 saturated heterocycles. The lowest BCUT2D eigenvalue weighted by Crippen LogP contribution is -2.31. The standard InChI is InChI=1S/C12H14N2O6/c1-8(20-11(15)7-19-2)12(16)13-9-5-3-4-6-10(9)14(17)18/h3-6,8H,7H2,1-2H3,(H,13,16)/t8-/m1/s1. The lowest BCUT2D eigenvalue weighted by Gasteiger charge is -2.13. The molecular weight excluding hydrogens is 268 g/mol. The van der Waals surface area contributed by atoms with E-state index in [0.29, 0.717) is 0 Å². The van der Waals surface area contributed by atoms with Crippen LogP contribution in [0.1, 0.15) is 6.92 Å². The number of amides is 1. The molecule has 20 heavy (non-hydrogen) atoms. The Kier molecular flexibility index (Phi) is 5.60. The van der Waals surface area contributed by atoms with E-state index in [4.69, 9.17) is 4.74 Å². The summed E-state index contributed by atoms with van der Waals surface area (Å²) >= 11 is 0. The van der Waals surface area contributed by atoms with Gasteiger partial charge in [-0.05, 0) is 13.0 Å². The van der Waals surface area contributed by atoms with Gasteiger partial charge in [0.2, 0.25) is 0 Å². The number of esters is 1. The predicted octanol–water partition coefficient (Wildman–Crippen LogP) is 1.11. The van der Waals surface area contributed by atoms with Crippen molar-refractivity contribution in [1.29, 1.82) is 0 Å². The summed E-state index contributed by atoms with van der Waals surface area (Å²) in [5, 5.41) is 13.1. The summed E-state index contributed by atoms with van der Waals surface area (Å²) < 4.78 is 9.34. The number of hydrogen-bond acceptors (Lipinski definition) is 6. The van der Waals surface area contributed by atoms with Gasteiger partial charge in [-0.3, -0.25) is 14.9 Å². The van der Waals surface area contributed by atoms with Crippen molar-refractivity contribution in [1.82, 2.24) is 0 Å². The summed E-state index contributed by atoms with van der Waals surface area (Å²) in [6, 6.07) is 5.68. The molecule has 8 heteroatoms. The van der Waals surface area contributed by atoms with Gasteiger partial charge in [0.05, 0.1) is 4.92 Å². The molecule has 108 valence electrons. The van der Waals surface area contributed by atoms with Crippen molar-refractivity contribution in [2.45, 2.75) is 13.0 Å². The summed E-state index contributed by atoms with van der Waals surface area (Å²) in [7, 11) is 1.32. The lowest BCUT2D eigenvalue weighted by atomic mass is 10.2. The van der Waals surface area contributed by atoms with Gasteiger partial charge in [0.1, 0.15) is 12.3 Å². The molecule has 1 amide bonds. The summed E-state index contributed by atoms with van der Waals surface area (Å²) in [5.74, 6) is -1.36. The van der Waals surface area contributed by atoms with Crippen molar-refractivity contribution in [2.75, 3.05) is 19.0 Å². The third kappa shape index (κ3) is 4.32. The van der Waals surface area contributed by atoms with Crippen LogP contribution in [0.4, 0.5) is 11.4 Å². The minimum atomic E-state index is -1.09. The number of ether oxygens (including phenoxy) is 2. The van der Waals surface area contributed by atoms with Crippen LogP contribution in [0.25, 0.3) is 0 Å². The molecular formula is C12H14N2O6. The molecule has 1 atom stereocenters. The number of methoxy groups -OCH3 is 1. The highest BCUT2D eigenvalue weighted by Crippen LogP contribution is 2.23. The van der Waals surface area contributed by atoms with E-state index in [9.17, 15) is 19.7 Å². The number of benzene rings is 1. The molecule has 0 aliphatic carbocycles. The van der Waals surface area contributed by atoms with Gasteiger partial charge in [-0.25, -0.2) is 4.79 Å². The highest BCUT2D eigenvalue weighted by atomic mass is 16.6. The first-order chi connectivity index (χ1) is 9.45. The van der Waals surface area contributed by atoms with Crippen LogP contribution in [0.3, 0.4) is 0 Å². The predicted molar refractivity (Wildman–Crippen MR) is 69.2 cm³/mol. The molecule has 0 unspecified atom stereocenters. The quantitative estimate of drug-likeness (QED) is 0.475. The van der Waals surface area contributed by atoms with Gasteiger partial charge < -0.3 is 14.8 Å². The number of anilines is 1. The number of para-hydroxylation sites is 2. The average Bonchev–Trinajstić information content (AvgIpc) is 2.39. The van der Waals surface area contributed by atoms with Crippen molar-refractivity contribution in [3.8, 4) is 0 Å². The number of nitro groups is 1. The molecule has 0 heterocycles. The molecule has 0 aromatic heterocycles. The first-order valence-corrected chi connectivity index (χ1v) is 5.68. The molecule has 0 radical (unpaired) electrons. The molecule has 0 aliphatic rings. The van der Waals surface area contributed by atoms with Crippen LogP contribution in [0, 0.1) is 10.1 Å². The molecule has 0 spiro atoms. The van der Waals surface area contributed by atoms with Crippen LogP contribution in [-0.4, -0.2) is 36.6 Å². The second-order valence-corrected chi connectivity index (χ2v) is 3.83. The largest absolute Gasteiger partial charge is 0.451 e. The normalized spacial score (nSPS) is 11.5. The van der Waals surface area contributed by atoms with E-state index in [1.807, 2.05) is 0 Å². The fraction of sp³-hybridized carbons (Fsp3) is 0.333. The minimum absolute atomic E-state index is 0.0390. The van der Waals surface area contributed by atoms with Crippen LogP contribution >= 0.6 is 0 Å². The molecule has 8 nitrogen and oxygen atoms in total. The SMILES string of the molecule is COCC(=O)O[C@H](C)C(=O)Nc1ccccc1[N+](=O)[O-]. The van der Waals surface area contributed by atoms with Gasteiger partial charge in [0.15, 0.2) is 6.10 Å². The molecule has 1 N–H and O–H groups in total. The van der Waals surface area contributed by atoms with Gasteiger partial charge >= 0.3 is 5.97 Å². The Balaban J connectivity index is 2.71. The lowest BCUT2D eigenvalue weighted by molar-refractivity contribution is -0.383. The maximum Gasteiger partial charge on any atom is 0.332 e. The van der Waals surface area contributed by atoms with Crippen LogP contribution < -0.4 is 5.32 Å². The van der Waals surface area contributed by atoms with E-state index in [1.54, 1.807) is 6.07 Å². The number of nitrogens with zero attached hydrogens (tertiary/aromatic N) is 1. The fourth-order valence-corrected chi connectivity index (χ4v) is 1.38. The Morgan fingerprint density at radius 3 is 2.65 bits per heavy atom. The van der Waals surface area contributed by atoms with Crippen LogP contribution in [0.15, 0.2) is 24.3 Å². The Labute approximate surface area is 114 Å². The summed E-state index contributed by atoms with van der Waals surface area (Å²) in [4.78, 5) is 33.1. The molecule has 0 bridgehead atoms. The van der Waals surface area contributed by atoms with E-state index in [1.165, 1.54) is 32.2 Å². The molecule has 0 saturated carbocycles. The second kappa shape index (κ2) is 7.19. The third-order valence-electron chi connectivity index (χ3n) is 2.30. The van der Waals surface area contributed by atoms with Crippen molar-refractivity contribution in [2.24, 2.45) is 0 Å². The van der Waals surface area contributed by atoms with Crippen LogP contribution in [0.2, 0.25) is 0 Å². The Hall–Kier alpha value is -2.48. The van der Waals surface area contributed by atoms with E-state index >= 15 is 0 Å². The molecule has 0 fully saturated rings. The number of carbonyl (C=O) groups excluding carboxylic acids is 2. The number of nitro benzene ring substituents is 1. The maximum atomic E-state index is 11.8. The van der Waals surface area contributed by atoms with Crippen LogP contribution in [0.5, 0.6) is 0 Å². The van der Waals surface area contributed by atoms with Crippen molar-refractivity contribution < 1.29 is 24.0 Å². The van der Waals surface area contributed by atoms with Gasteiger partial charge in [-0.15, -0.1) is 0 Å². The van der Waals surface area contributed by atoms with Crippen molar-refractivity contribution in [3.05, 3.63) is 34.4 Å². The van der Waals surface area contributed by atoms with Gasteiger partial charge in [-0.2, -0.15) is 0 Å². The second-order valence-electron chi connectivity index (χ2n) is 3.83. The van der Waals surface area contributed by atoms with E-state index in [2.05, 4.69) is 10.1 Å². The number of nitrogens with one attached hydrogen (secondary N) is 1. The first kappa shape index (κ1) is 15.6. The zero-order valence-electron chi connectivity index (χ0n) is 11.0. The summed E-state index contributed by atoms with van der Waals surface area (Å²) in [5.41, 5.74) is -0.201. The molecule has 1 aromatic rings. The number of hydrogen-bond donors (Lipinski definition) is 1. The summed E-state index contributed by atoms with van der Waals surface area (Å²) in [6.45, 7) is 1.08. The van der Waals surface area contributed by atoms with E-state index in [-0.39, 0.29) is 18.0 Å². The van der Waals surface area contributed by atoms with Gasteiger partial charge in [0.25, 0.3) is 11.6 Å². The monoisotopic (exact) mass is 282 g/mol. The summed E-state index contributed by atoms with van der Waals surface area (Å²) in [6.07, 6.45) is -1.09. The Bertz CT molecular complexity index is 516. The van der Waals surface area contributed by atoms with Crippen LogP contribution in [-0.2, 0) is 19.1 Å². The zero-order valence-corrected chi connectivity index (χ0v) is 11.0. The number of rotatable bonds is 6. The van der Waals surface area contributed by atoms with E-state index in [0.717, 1.165) is 0 Å².